The standard InChI is InChI=1S/C22H28N2O3/c1-17-8-9-20(27-17)18-6-4-7-19(14-18)21(25)24-13-5-10-22(26,16-24)15-23-11-2-3-12-23/h4,6-9,14,26H,2-3,5,10-13,15-16H2,1H3/t22-/m1/s1. The summed E-state index contributed by atoms with van der Waals surface area (Å²) in [5, 5.41) is 11.1. The number of furan rings is 1. The summed E-state index contributed by atoms with van der Waals surface area (Å²) in [5.41, 5.74) is 0.749. The van der Waals surface area contributed by atoms with Crippen LogP contribution in [0.3, 0.4) is 0 Å². The van der Waals surface area contributed by atoms with Crippen LogP contribution in [0.5, 0.6) is 0 Å². The molecule has 2 aliphatic heterocycles. The number of rotatable bonds is 4. The molecule has 0 unspecified atom stereocenters. The lowest BCUT2D eigenvalue weighted by molar-refractivity contribution is -0.0431. The minimum Gasteiger partial charge on any atom is -0.461 e. The Hall–Kier alpha value is -2.11. The summed E-state index contributed by atoms with van der Waals surface area (Å²) < 4.78 is 5.69. The molecule has 4 rings (SSSR count). The van der Waals surface area contributed by atoms with E-state index in [4.69, 9.17) is 4.42 Å². The highest BCUT2D eigenvalue weighted by Gasteiger charge is 2.37. The van der Waals surface area contributed by atoms with E-state index in [9.17, 15) is 9.90 Å². The molecule has 5 nitrogen and oxygen atoms in total. The molecule has 2 aliphatic rings. The first kappa shape index (κ1) is 18.3. The summed E-state index contributed by atoms with van der Waals surface area (Å²) in [6, 6.07) is 11.4. The van der Waals surface area contributed by atoms with Crippen molar-refractivity contribution in [2.75, 3.05) is 32.7 Å². The van der Waals surface area contributed by atoms with E-state index < -0.39 is 5.60 Å². The summed E-state index contributed by atoms with van der Waals surface area (Å²) in [7, 11) is 0. The van der Waals surface area contributed by atoms with Crippen LogP contribution in [-0.2, 0) is 0 Å². The zero-order chi connectivity index (χ0) is 18.9. The van der Waals surface area contributed by atoms with E-state index in [1.165, 1.54) is 12.8 Å². The predicted molar refractivity (Wildman–Crippen MR) is 105 cm³/mol. The van der Waals surface area contributed by atoms with Crippen molar-refractivity contribution in [3.8, 4) is 11.3 Å². The Morgan fingerprint density at radius 3 is 2.70 bits per heavy atom. The third kappa shape index (κ3) is 4.09. The molecular formula is C22H28N2O3. The van der Waals surface area contributed by atoms with Gasteiger partial charge in [0.25, 0.3) is 5.91 Å². The van der Waals surface area contributed by atoms with Crippen LogP contribution >= 0.6 is 0 Å². The van der Waals surface area contributed by atoms with E-state index in [0.29, 0.717) is 25.2 Å². The van der Waals surface area contributed by atoms with Crippen LogP contribution in [0.15, 0.2) is 40.8 Å². The number of aryl methyl sites for hydroxylation is 1. The van der Waals surface area contributed by atoms with Gasteiger partial charge in [0.2, 0.25) is 0 Å². The summed E-state index contributed by atoms with van der Waals surface area (Å²) in [5.74, 6) is 1.61. The van der Waals surface area contributed by atoms with E-state index in [1.807, 2.05) is 48.2 Å². The lowest BCUT2D eigenvalue weighted by Gasteiger charge is -2.41. The molecule has 2 saturated heterocycles. The Morgan fingerprint density at radius 1 is 1.15 bits per heavy atom. The molecule has 2 aromatic rings. The highest BCUT2D eigenvalue weighted by atomic mass is 16.3. The highest BCUT2D eigenvalue weighted by Crippen LogP contribution is 2.27. The first-order chi connectivity index (χ1) is 13.0. The van der Waals surface area contributed by atoms with Crippen LogP contribution in [0.1, 0.15) is 41.8 Å². The van der Waals surface area contributed by atoms with Crippen molar-refractivity contribution in [3.63, 3.8) is 0 Å². The van der Waals surface area contributed by atoms with Crippen LogP contribution < -0.4 is 0 Å². The molecule has 144 valence electrons. The van der Waals surface area contributed by atoms with Crippen molar-refractivity contribution in [3.05, 3.63) is 47.7 Å². The van der Waals surface area contributed by atoms with Crippen molar-refractivity contribution in [1.82, 2.24) is 9.80 Å². The van der Waals surface area contributed by atoms with Crippen molar-refractivity contribution >= 4 is 5.91 Å². The van der Waals surface area contributed by atoms with Crippen LogP contribution in [0.25, 0.3) is 11.3 Å². The predicted octanol–water partition coefficient (Wildman–Crippen LogP) is 3.32. The number of carbonyl (C=O) groups excluding carboxylic acids is 1. The van der Waals surface area contributed by atoms with Crippen LogP contribution in [-0.4, -0.2) is 59.1 Å². The third-order valence-electron chi connectivity index (χ3n) is 5.69. The topological polar surface area (TPSA) is 56.9 Å². The molecule has 3 heterocycles. The van der Waals surface area contributed by atoms with Crippen LogP contribution in [0.2, 0.25) is 0 Å². The van der Waals surface area contributed by atoms with Gasteiger partial charge >= 0.3 is 0 Å². The second-order valence-corrected chi connectivity index (χ2v) is 8.03. The normalized spacial score (nSPS) is 23.7. The van der Waals surface area contributed by atoms with Gasteiger partial charge in [-0.3, -0.25) is 4.79 Å². The second kappa shape index (κ2) is 7.49. The van der Waals surface area contributed by atoms with Gasteiger partial charge in [0, 0.05) is 24.2 Å². The molecule has 1 aromatic carbocycles. The number of likely N-dealkylation sites (tertiary alicyclic amines) is 2. The molecule has 2 fully saturated rings. The van der Waals surface area contributed by atoms with Gasteiger partial charge in [-0.15, -0.1) is 0 Å². The molecule has 1 amide bonds. The van der Waals surface area contributed by atoms with Gasteiger partial charge < -0.3 is 19.3 Å². The maximum Gasteiger partial charge on any atom is 0.253 e. The van der Waals surface area contributed by atoms with Gasteiger partial charge in [-0.05, 0) is 70.0 Å². The number of piperidine rings is 1. The molecule has 1 N–H and O–H groups in total. The van der Waals surface area contributed by atoms with E-state index in [2.05, 4.69) is 4.90 Å². The minimum atomic E-state index is -0.798. The molecule has 27 heavy (non-hydrogen) atoms. The average molecular weight is 368 g/mol. The lowest BCUT2D eigenvalue weighted by Crippen LogP contribution is -2.55. The first-order valence-corrected chi connectivity index (χ1v) is 9.93. The number of nitrogens with zero attached hydrogens (tertiary/aromatic N) is 2. The van der Waals surface area contributed by atoms with E-state index in [0.717, 1.165) is 43.0 Å². The Labute approximate surface area is 160 Å². The summed E-state index contributed by atoms with van der Waals surface area (Å²) in [6.07, 6.45) is 4.02. The smallest absolute Gasteiger partial charge is 0.253 e. The zero-order valence-corrected chi connectivity index (χ0v) is 16.0. The molecule has 0 saturated carbocycles. The summed E-state index contributed by atoms with van der Waals surface area (Å²) >= 11 is 0. The van der Waals surface area contributed by atoms with Gasteiger partial charge in [-0.25, -0.2) is 0 Å². The van der Waals surface area contributed by atoms with Crippen LogP contribution in [0.4, 0.5) is 0 Å². The number of hydrogen-bond donors (Lipinski definition) is 1. The third-order valence-corrected chi connectivity index (χ3v) is 5.69. The molecular weight excluding hydrogens is 340 g/mol. The largest absolute Gasteiger partial charge is 0.461 e. The van der Waals surface area contributed by atoms with Crippen molar-refractivity contribution in [2.45, 2.75) is 38.2 Å². The Morgan fingerprint density at radius 2 is 1.96 bits per heavy atom. The fourth-order valence-electron chi connectivity index (χ4n) is 4.35. The maximum absolute atomic E-state index is 13.1. The minimum absolute atomic E-state index is 0.0142. The summed E-state index contributed by atoms with van der Waals surface area (Å²) in [6.45, 7) is 5.80. The lowest BCUT2D eigenvalue weighted by atomic mass is 9.91. The van der Waals surface area contributed by atoms with Gasteiger partial charge in [0.05, 0.1) is 12.1 Å². The van der Waals surface area contributed by atoms with Crippen molar-refractivity contribution < 1.29 is 14.3 Å². The maximum atomic E-state index is 13.1. The molecule has 5 heteroatoms. The number of carbonyl (C=O) groups is 1. The Bertz CT molecular complexity index is 809. The number of hydrogen-bond acceptors (Lipinski definition) is 4. The van der Waals surface area contributed by atoms with Gasteiger partial charge in [0.15, 0.2) is 0 Å². The van der Waals surface area contributed by atoms with E-state index in [1.54, 1.807) is 0 Å². The second-order valence-electron chi connectivity index (χ2n) is 8.03. The monoisotopic (exact) mass is 368 g/mol. The molecule has 0 spiro atoms. The van der Waals surface area contributed by atoms with Gasteiger partial charge in [-0.1, -0.05) is 12.1 Å². The highest BCUT2D eigenvalue weighted by molar-refractivity contribution is 5.95. The molecule has 0 bridgehead atoms. The fourth-order valence-corrected chi connectivity index (χ4v) is 4.35. The number of β-amino-alcohol motifs (C(OH)–C–C–N with tert-alkyl or cyclic N) is 1. The SMILES string of the molecule is Cc1ccc(-c2cccc(C(=O)N3CCC[C@@](O)(CN4CCCC4)C3)c2)o1. The molecule has 0 aliphatic carbocycles. The Kier molecular flexibility index (Phi) is 5.06. The fraction of sp³-hybridized carbons (Fsp3) is 0.500. The number of aliphatic hydroxyl groups is 1. The van der Waals surface area contributed by atoms with E-state index >= 15 is 0 Å². The molecule has 0 radical (unpaired) electrons. The van der Waals surface area contributed by atoms with E-state index in [-0.39, 0.29) is 5.91 Å². The quantitative estimate of drug-likeness (QED) is 0.899. The first-order valence-electron chi connectivity index (χ1n) is 9.93. The average Bonchev–Trinajstić information content (AvgIpc) is 3.32. The van der Waals surface area contributed by atoms with Crippen molar-refractivity contribution in [1.29, 1.82) is 0 Å². The van der Waals surface area contributed by atoms with Crippen LogP contribution in [0, 0.1) is 6.92 Å². The number of amides is 1. The molecule has 1 aromatic heterocycles. The zero-order valence-electron chi connectivity index (χ0n) is 16.0. The van der Waals surface area contributed by atoms with Gasteiger partial charge in [-0.2, -0.15) is 0 Å². The van der Waals surface area contributed by atoms with Crippen molar-refractivity contribution in [2.24, 2.45) is 0 Å². The molecule has 1 atom stereocenters. The van der Waals surface area contributed by atoms with Gasteiger partial charge in [0.1, 0.15) is 11.5 Å². The number of benzene rings is 1. The Balaban J connectivity index is 1.48. The summed E-state index contributed by atoms with van der Waals surface area (Å²) in [4.78, 5) is 17.2.